The van der Waals surface area contributed by atoms with Gasteiger partial charge < -0.3 is 10.1 Å². The first-order valence-corrected chi connectivity index (χ1v) is 6.37. The van der Waals surface area contributed by atoms with Crippen LogP contribution < -0.4 is 5.32 Å². The van der Waals surface area contributed by atoms with E-state index in [1.54, 1.807) is 11.7 Å². The lowest BCUT2D eigenvalue weighted by atomic mass is 10.1. The molecule has 1 N–H and O–H groups in total. The van der Waals surface area contributed by atoms with E-state index in [9.17, 15) is 4.79 Å². The predicted octanol–water partition coefficient (Wildman–Crippen LogP) is 1.80. The van der Waals surface area contributed by atoms with Gasteiger partial charge >= 0.3 is 5.97 Å². The summed E-state index contributed by atoms with van der Waals surface area (Å²) in [4.78, 5) is 12.0. The Morgan fingerprint density at radius 3 is 2.83 bits per heavy atom. The lowest BCUT2D eigenvalue weighted by molar-refractivity contribution is 0.00576. The highest BCUT2D eigenvalue weighted by Crippen LogP contribution is 2.23. The van der Waals surface area contributed by atoms with Gasteiger partial charge in [-0.3, -0.25) is 4.68 Å². The molecular weight excluding hydrogens is 230 g/mol. The van der Waals surface area contributed by atoms with Crippen LogP contribution in [-0.4, -0.2) is 27.9 Å². The van der Waals surface area contributed by atoms with Crippen molar-refractivity contribution in [2.75, 3.05) is 6.54 Å². The van der Waals surface area contributed by atoms with Crippen LogP contribution in [0.25, 0.3) is 0 Å². The number of rotatable bonds is 2. The van der Waals surface area contributed by atoms with Crippen LogP contribution in [0.3, 0.4) is 0 Å². The van der Waals surface area contributed by atoms with Crippen molar-refractivity contribution >= 4 is 5.97 Å². The Hall–Kier alpha value is -1.36. The maximum Gasteiger partial charge on any atom is 0.357 e. The Morgan fingerprint density at radius 2 is 2.28 bits per heavy atom. The molecule has 0 amide bonds. The third kappa shape index (κ3) is 2.90. The molecule has 1 aliphatic rings. The van der Waals surface area contributed by atoms with Crippen molar-refractivity contribution in [3.8, 4) is 0 Å². The van der Waals surface area contributed by atoms with E-state index in [2.05, 4.69) is 10.4 Å². The fourth-order valence-corrected chi connectivity index (χ4v) is 2.12. The van der Waals surface area contributed by atoms with E-state index in [1.165, 1.54) is 0 Å². The molecule has 2 heterocycles. The fourth-order valence-electron chi connectivity index (χ4n) is 2.12. The second kappa shape index (κ2) is 4.72. The molecule has 100 valence electrons. The fraction of sp³-hybridized carbons (Fsp3) is 0.692. The van der Waals surface area contributed by atoms with Crippen LogP contribution in [0.2, 0.25) is 0 Å². The van der Waals surface area contributed by atoms with Crippen LogP contribution in [0.5, 0.6) is 0 Å². The first-order chi connectivity index (χ1) is 8.37. The molecule has 1 aromatic rings. The third-order valence-corrected chi connectivity index (χ3v) is 2.92. The van der Waals surface area contributed by atoms with Crippen LogP contribution in [0.4, 0.5) is 0 Å². The molecule has 0 bridgehead atoms. The molecule has 0 aliphatic carbocycles. The van der Waals surface area contributed by atoms with Gasteiger partial charge in [0.2, 0.25) is 0 Å². The number of nitrogens with zero attached hydrogens (tertiary/aromatic N) is 2. The number of ether oxygens (including phenoxy) is 1. The maximum absolute atomic E-state index is 12.0. The van der Waals surface area contributed by atoms with Gasteiger partial charge in [0.15, 0.2) is 0 Å². The molecule has 1 unspecified atom stereocenters. The number of nitrogens with one attached hydrogen (secondary N) is 1. The zero-order valence-corrected chi connectivity index (χ0v) is 11.5. The zero-order valence-electron chi connectivity index (χ0n) is 11.5. The van der Waals surface area contributed by atoms with Crippen molar-refractivity contribution in [2.45, 2.75) is 45.3 Å². The van der Waals surface area contributed by atoms with Gasteiger partial charge in [0.05, 0.1) is 11.7 Å². The van der Waals surface area contributed by atoms with Crippen molar-refractivity contribution in [3.63, 3.8) is 0 Å². The molecule has 1 fully saturated rings. The zero-order chi connectivity index (χ0) is 13.3. The van der Waals surface area contributed by atoms with Crippen molar-refractivity contribution in [2.24, 2.45) is 7.05 Å². The Morgan fingerprint density at radius 1 is 1.56 bits per heavy atom. The molecule has 5 heteroatoms. The molecule has 18 heavy (non-hydrogen) atoms. The summed E-state index contributed by atoms with van der Waals surface area (Å²) in [6, 6.07) is 2.10. The van der Waals surface area contributed by atoms with Gasteiger partial charge in [0.1, 0.15) is 11.3 Å². The van der Waals surface area contributed by atoms with Crippen LogP contribution in [0.15, 0.2) is 6.07 Å². The number of esters is 1. The Kier molecular flexibility index (Phi) is 3.43. The summed E-state index contributed by atoms with van der Waals surface area (Å²) in [7, 11) is 1.78. The first kappa shape index (κ1) is 13.1. The average molecular weight is 251 g/mol. The molecule has 5 nitrogen and oxygen atoms in total. The van der Waals surface area contributed by atoms with Crippen LogP contribution >= 0.6 is 0 Å². The van der Waals surface area contributed by atoms with E-state index < -0.39 is 5.60 Å². The molecule has 0 radical (unpaired) electrons. The van der Waals surface area contributed by atoms with Gasteiger partial charge in [0, 0.05) is 7.05 Å². The summed E-state index contributed by atoms with van der Waals surface area (Å²) in [5.41, 5.74) is 0.956. The Bertz CT molecular complexity index is 440. The number of hydrogen-bond acceptors (Lipinski definition) is 4. The van der Waals surface area contributed by atoms with E-state index in [-0.39, 0.29) is 12.0 Å². The minimum atomic E-state index is -0.479. The molecule has 1 aliphatic heterocycles. The second-order valence-electron chi connectivity index (χ2n) is 5.73. The van der Waals surface area contributed by atoms with Crippen LogP contribution in [-0.2, 0) is 11.8 Å². The van der Waals surface area contributed by atoms with E-state index in [1.807, 2.05) is 26.8 Å². The average Bonchev–Trinajstić information content (AvgIpc) is 2.82. The highest BCUT2D eigenvalue weighted by molar-refractivity contribution is 5.88. The lowest BCUT2D eigenvalue weighted by Crippen LogP contribution is -2.25. The van der Waals surface area contributed by atoms with E-state index in [0.29, 0.717) is 5.69 Å². The molecule has 1 atom stereocenters. The summed E-state index contributed by atoms with van der Waals surface area (Å²) in [6.07, 6.45) is 2.23. The third-order valence-electron chi connectivity index (χ3n) is 2.92. The Balaban J connectivity index is 2.16. The minimum absolute atomic E-state index is 0.271. The summed E-state index contributed by atoms with van der Waals surface area (Å²) in [5, 5.41) is 7.77. The topological polar surface area (TPSA) is 56.2 Å². The number of hydrogen-bond donors (Lipinski definition) is 1. The van der Waals surface area contributed by atoms with Gasteiger partial charge in [-0.25, -0.2) is 4.79 Å². The predicted molar refractivity (Wildman–Crippen MR) is 68.4 cm³/mol. The normalized spacial score (nSPS) is 20.1. The van der Waals surface area contributed by atoms with Gasteiger partial charge in [-0.2, -0.15) is 5.10 Å². The number of aryl methyl sites for hydroxylation is 1. The summed E-state index contributed by atoms with van der Waals surface area (Å²) < 4.78 is 6.96. The highest BCUT2D eigenvalue weighted by Gasteiger charge is 2.25. The van der Waals surface area contributed by atoms with E-state index in [4.69, 9.17) is 4.74 Å². The summed E-state index contributed by atoms with van der Waals surface area (Å²) in [5.74, 6) is -0.318. The van der Waals surface area contributed by atoms with Crippen LogP contribution in [0, 0.1) is 0 Å². The standard InChI is InChI=1S/C13H21N3O2/c1-13(2,3)18-12(17)11-8-10(15-16(11)4)9-6-5-7-14-9/h8-9,14H,5-7H2,1-4H3. The number of carbonyl (C=O) groups excluding carboxylic acids is 1. The number of aromatic nitrogens is 2. The smallest absolute Gasteiger partial charge is 0.357 e. The molecular formula is C13H21N3O2. The van der Waals surface area contributed by atoms with Gasteiger partial charge in [0.25, 0.3) is 0 Å². The molecule has 1 aromatic heterocycles. The van der Waals surface area contributed by atoms with Crippen LogP contribution in [0.1, 0.15) is 55.8 Å². The molecule has 0 aromatic carbocycles. The Labute approximate surface area is 108 Å². The highest BCUT2D eigenvalue weighted by atomic mass is 16.6. The molecule has 1 saturated heterocycles. The second-order valence-corrected chi connectivity index (χ2v) is 5.73. The van der Waals surface area contributed by atoms with E-state index in [0.717, 1.165) is 25.1 Å². The molecule has 2 rings (SSSR count). The SMILES string of the molecule is Cn1nc(C2CCCN2)cc1C(=O)OC(C)(C)C. The molecule has 0 saturated carbocycles. The van der Waals surface area contributed by atoms with Gasteiger partial charge in [-0.1, -0.05) is 0 Å². The number of carbonyl (C=O) groups is 1. The summed E-state index contributed by atoms with van der Waals surface area (Å²) >= 11 is 0. The van der Waals surface area contributed by atoms with Gasteiger partial charge in [-0.05, 0) is 46.2 Å². The summed E-state index contributed by atoms with van der Waals surface area (Å²) in [6.45, 7) is 6.60. The maximum atomic E-state index is 12.0. The quantitative estimate of drug-likeness (QED) is 0.814. The monoisotopic (exact) mass is 251 g/mol. The van der Waals surface area contributed by atoms with Crippen molar-refractivity contribution < 1.29 is 9.53 Å². The van der Waals surface area contributed by atoms with Gasteiger partial charge in [-0.15, -0.1) is 0 Å². The molecule has 0 spiro atoms. The minimum Gasteiger partial charge on any atom is -0.455 e. The largest absolute Gasteiger partial charge is 0.455 e. The van der Waals surface area contributed by atoms with Crippen molar-refractivity contribution in [3.05, 3.63) is 17.5 Å². The van der Waals surface area contributed by atoms with E-state index >= 15 is 0 Å². The van der Waals surface area contributed by atoms with Crippen molar-refractivity contribution in [1.29, 1.82) is 0 Å². The lowest BCUT2D eigenvalue weighted by Gasteiger charge is -2.19. The van der Waals surface area contributed by atoms with Crippen molar-refractivity contribution in [1.82, 2.24) is 15.1 Å². The first-order valence-electron chi connectivity index (χ1n) is 6.37.